The lowest BCUT2D eigenvalue weighted by molar-refractivity contribution is -0.164. The smallest absolute Gasteiger partial charge is 0.0878 e. The minimum Gasteiger partial charge on any atom is -0.370 e. The second-order valence-electron chi connectivity index (χ2n) is 7.18. The molecule has 0 spiro atoms. The van der Waals surface area contributed by atoms with Crippen LogP contribution < -0.4 is 0 Å². The highest BCUT2D eigenvalue weighted by Crippen LogP contribution is 2.26. The van der Waals surface area contributed by atoms with Crippen molar-refractivity contribution in [1.29, 1.82) is 0 Å². The largest absolute Gasteiger partial charge is 0.370 e. The summed E-state index contributed by atoms with van der Waals surface area (Å²) >= 11 is 0. The number of hydrogen-bond acceptors (Lipinski definition) is 2. The van der Waals surface area contributed by atoms with Crippen molar-refractivity contribution in [2.75, 3.05) is 0 Å². The summed E-state index contributed by atoms with van der Waals surface area (Å²) in [7, 11) is 0. The van der Waals surface area contributed by atoms with Crippen LogP contribution in [0.15, 0.2) is 12.2 Å². The Labute approximate surface area is 113 Å². The Bertz CT molecular complexity index is 268. The zero-order chi connectivity index (χ0) is 13.8. The predicted molar refractivity (Wildman–Crippen MR) is 76.9 cm³/mol. The second kappa shape index (κ2) is 6.21. The Hall–Kier alpha value is -0.340. The van der Waals surface area contributed by atoms with Crippen LogP contribution in [0, 0.1) is 0 Å². The Morgan fingerprint density at radius 3 is 1.94 bits per heavy atom. The molecule has 0 N–H and O–H groups in total. The van der Waals surface area contributed by atoms with E-state index in [4.69, 9.17) is 9.47 Å². The maximum atomic E-state index is 6.21. The van der Waals surface area contributed by atoms with Crippen molar-refractivity contribution < 1.29 is 9.47 Å². The summed E-state index contributed by atoms with van der Waals surface area (Å²) in [6.45, 7) is 12.7. The van der Waals surface area contributed by atoms with Crippen molar-refractivity contribution in [3.8, 4) is 0 Å². The zero-order valence-corrected chi connectivity index (χ0v) is 13.0. The molecule has 0 saturated carbocycles. The molecule has 0 amide bonds. The highest BCUT2D eigenvalue weighted by molar-refractivity contribution is 4.91. The van der Waals surface area contributed by atoms with E-state index >= 15 is 0 Å². The first-order valence-electron chi connectivity index (χ1n) is 7.18. The third-order valence-corrected chi connectivity index (χ3v) is 2.82. The molecule has 1 aliphatic rings. The Balaban J connectivity index is 2.74. The number of ether oxygens (including phenoxy) is 2. The van der Waals surface area contributed by atoms with Crippen molar-refractivity contribution in [3.63, 3.8) is 0 Å². The van der Waals surface area contributed by atoms with Gasteiger partial charge in [-0.05, 0) is 67.2 Å². The monoisotopic (exact) mass is 254 g/mol. The lowest BCUT2D eigenvalue weighted by atomic mass is 9.98. The summed E-state index contributed by atoms with van der Waals surface area (Å²) in [6.07, 6.45) is 9.27. The fourth-order valence-corrected chi connectivity index (χ4v) is 2.29. The van der Waals surface area contributed by atoms with Gasteiger partial charge in [-0.1, -0.05) is 12.2 Å². The Morgan fingerprint density at radius 2 is 1.39 bits per heavy atom. The molecule has 0 radical (unpaired) electrons. The van der Waals surface area contributed by atoms with Gasteiger partial charge in [0.2, 0.25) is 0 Å². The van der Waals surface area contributed by atoms with Crippen molar-refractivity contribution in [3.05, 3.63) is 12.2 Å². The average molecular weight is 254 g/mol. The van der Waals surface area contributed by atoms with Crippen LogP contribution in [0.3, 0.4) is 0 Å². The molecule has 18 heavy (non-hydrogen) atoms. The molecule has 0 saturated heterocycles. The van der Waals surface area contributed by atoms with E-state index in [1.807, 2.05) is 0 Å². The van der Waals surface area contributed by atoms with Crippen LogP contribution in [0.25, 0.3) is 0 Å². The van der Waals surface area contributed by atoms with Crippen LogP contribution >= 0.6 is 0 Å². The van der Waals surface area contributed by atoms with E-state index in [1.165, 1.54) is 6.42 Å². The van der Waals surface area contributed by atoms with Gasteiger partial charge in [-0.2, -0.15) is 0 Å². The molecule has 0 aromatic heterocycles. The van der Waals surface area contributed by atoms with E-state index in [9.17, 15) is 0 Å². The Kier molecular flexibility index (Phi) is 5.42. The van der Waals surface area contributed by atoms with Gasteiger partial charge in [-0.25, -0.2) is 0 Å². The molecule has 1 rings (SSSR count). The quantitative estimate of drug-likeness (QED) is 0.676. The summed E-state index contributed by atoms with van der Waals surface area (Å²) in [5.41, 5.74) is -0.218. The lowest BCUT2D eigenvalue weighted by Crippen LogP contribution is -2.41. The minimum atomic E-state index is -0.114. The molecule has 0 heterocycles. The van der Waals surface area contributed by atoms with Gasteiger partial charge in [0, 0.05) is 0 Å². The van der Waals surface area contributed by atoms with Gasteiger partial charge in [0.25, 0.3) is 0 Å². The molecular weight excluding hydrogens is 224 g/mol. The molecule has 0 aliphatic heterocycles. The van der Waals surface area contributed by atoms with E-state index < -0.39 is 0 Å². The molecule has 106 valence electrons. The minimum absolute atomic E-state index is 0.104. The number of hydrogen-bond donors (Lipinski definition) is 0. The molecule has 1 aliphatic carbocycles. The summed E-state index contributed by atoms with van der Waals surface area (Å²) in [6, 6.07) is 0. The summed E-state index contributed by atoms with van der Waals surface area (Å²) in [4.78, 5) is 0. The fourth-order valence-electron chi connectivity index (χ4n) is 2.29. The molecule has 2 atom stereocenters. The Morgan fingerprint density at radius 1 is 0.833 bits per heavy atom. The molecule has 2 nitrogen and oxygen atoms in total. The van der Waals surface area contributed by atoms with E-state index in [2.05, 4.69) is 53.7 Å². The highest BCUT2D eigenvalue weighted by Gasteiger charge is 2.30. The molecule has 2 unspecified atom stereocenters. The normalized spacial score (nSPS) is 28.6. The van der Waals surface area contributed by atoms with Crippen LogP contribution in [-0.4, -0.2) is 23.4 Å². The van der Waals surface area contributed by atoms with Crippen LogP contribution in [0.1, 0.15) is 67.2 Å². The number of rotatable bonds is 2. The third kappa shape index (κ3) is 6.55. The van der Waals surface area contributed by atoms with Gasteiger partial charge >= 0.3 is 0 Å². The molecule has 0 aromatic carbocycles. The van der Waals surface area contributed by atoms with E-state index in [0.717, 1.165) is 19.3 Å². The molecular formula is C16H30O2. The van der Waals surface area contributed by atoms with Gasteiger partial charge in [0.15, 0.2) is 0 Å². The van der Waals surface area contributed by atoms with Crippen LogP contribution in [-0.2, 0) is 9.47 Å². The standard InChI is InChI=1S/C16H30O2/c1-15(2,3)17-13-11-9-7-8-10-12-14(13)18-16(4,5)6/h7,9,13-14H,8,10-12H2,1-6H3/b9-7-. The van der Waals surface area contributed by atoms with Crippen molar-refractivity contribution in [1.82, 2.24) is 0 Å². The molecule has 2 heteroatoms. The van der Waals surface area contributed by atoms with Gasteiger partial charge in [0.05, 0.1) is 23.4 Å². The van der Waals surface area contributed by atoms with E-state index in [-0.39, 0.29) is 23.4 Å². The van der Waals surface area contributed by atoms with Gasteiger partial charge in [-0.3, -0.25) is 0 Å². The first-order chi connectivity index (χ1) is 8.17. The van der Waals surface area contributed by atoms with Gasteiger partial charge < -0.3 is 9.47 Å². The fraction of sp³-hybridized carbons (Fsp3) is 0.875. The van der Waals surface area contributed by atoms with E-state index in [1.54, 1.807) is 0 Å². The van der Waals surface area contributed by atoms with Crippen molar-refractivity contribution in [2.45, 2.75) is 90.6 Å². The zero-order valence-electron chi connectivity index (χ0n) is 13.0. The summed E-state index contributed by atoms with van der Waals surface area (Å²) < 4.78 is 12.4. The molecule has 0 fully saturated rings. The summed E-state index contributed by atoms with van der Waals surface area (Å²) in [5, 5.41) is 0. The van der Waals surface area contributed by atoms with Gasteiger partial charge in [0.1, 0.15) is 0 Å². The average Bonchev–Trinajstić information content (AvgIpc) is 2.12. The SMILES string of the molecule is CC(C)(C)OC1C/C=C\CCCC1OC(C)(C)C. The maximum Gasteiger partial charge on any atom is 0.0878 e. The lowest BCUT2D eigenvalue weighted by Gasteiger charge is -2.37. The van der Waals surface area contributed by atoms with Gasteiger partial charge in [-0.15, -0.1) is 0 Å². The second-order valence-corrected chi connectivity index (χ2v) is 7.18. The first-order valence-corrected chi connectivity index (χ1v) is 7.18. The third-order valence-electron chi connectivity index (χ3n) is 2.82. The van der Waals surface area contributed by atoms with Crippen LogP contribution in [0.2, 0.25) is 0 Å². The van der Waals surface area contributed by atoms with Crippen LogP contribution in [0.4, 0.5) is 0 Å². The molecule has 0 bridgehead atoms. The van der Waals surface area contributed by atoms with Crippen molar-refractivity contribution >= 4 is 0 Å². The highest BCUT2D eigenvalue weighted by atomic mass is 16.6. The topological polar surface area (TPSA) is 18.5 Å². The number of allylic oxidation sites excluding steroid dienone is 1. The van der Waals surface area contributed by atoms with E-state index in [0.29, 0.717) is 0 Å². The maximum absolute atomic E-state index is 6.21. The van der Waals surface area contributed by atoms with Crippen LogP contribution in [0.5, 0.6) is 0 Å². The predicted octanol–water partition coefficient (Wildman–Crippen LogP) is 4.48. The summed E-state index contributed by atoms with van der Waals surface area (Å²) in [5.74, 6) is 0. The molecule has 0 aromatic rings. The first kappa shape index (κ1) is 15.7. The van der Waals surface area contributed by atoms with Crippen molar-refractivity contribution in [2.24, 2.45) is 0 Å².